The lowest BCUT2D eigenvalue weighted by Gasteiger charge is -2.21. The van der Waals surface area contributed by atoms with Gasteiger partial charge in [-0.05, 0) is 42.8 Å². The van der Waals surface area contributed by atoms with Crippen LogP contribution in [-0.2, 0) is 4.74 Å². The number of fused-ring (bicyclic) bond motifs is 1. The molecule has 0 amide bonds. The van der Waals surface area contributed by atoms with Gasteiger partial charge in [0.05, 0.1) is 0 Å². The number of carbonyl (C=O) groups is 1. The average Bonchev–Trinajstić information content (AvgIpc) is 2.45. The third-order valence-electron chi connectivity index (χ3n) is 3.66. The SMILES string of the molecule is COC(C)(C)C(=O)c1ccc2cc(N(C)C)ccc2c1. The molecule has 0 bridgehead atoms. The van der Waals surface area contributed by atoms with Gasteiger partial charge in [-0.3, -0.25) is 4.79 Å². The van der Waals surface area contributed by atoms with Crippen LogP contribution in [0.25, 0.3) is 10.8 Å². The van der Waals surface area contributed by atoms with E-state index in [1.165, 1.54) is 0 Å². The first-order valence-electron chi connectivity index (χ1n) is 6.66. The van der Waals surface area contributed by atoms with E-state index in [2.05, 4.69) is 17.0 Å². The lowest BCUT2D eigenvalue weighted by molar-refractivity contribution is 0.0228. The van der Waals surface area contributed by atoms with E-state index in [0.29, 0.717) is 5.56 Å². The highest BCUT2D eigenvalue weighted by Crippen LogP contribution is 2.24. The topological polar surface area (TPSA) is 29.5 Å². The van der Waals surface area contributed by atoms with Crippen LogP contribution in [0.5, 0.6) is 0 Å². The van der Waals surface area contributed by atoms with Crippen LogP contribution in [0.1, 0.15) is 24.2 Å². The van der Waals surface area contributed by atoms with Crippen molar-refractivity contribution >= 4 is 22.2 Å². The van der Waals surface area contributed by atoms with Crippen LogP contribution in [0, 0.1) is 0 Å². The van der Waals surface area contributed by atoms with Crippen molar-refractivity contribution in [3.05, 3.63) is 42.0 Å². The third kappa shape index (κ3) is 2.68. The Morgan fingerprint density at radius 2 is 1.65 bits per heavy atom. The number of ether oxygens (including phenoxy) is 1. The van der Waals surface area contributed by atoms with E-state index in [1.807, 2.05) is 38.4 Å². The van der Waals surface area contributed by atoms with Crippen molar-refractivity contribution in [3.8, 4) is 0 Å². The molecule has 0 saturated carbocycles. The van der Waals surface area contributed by atoms with Crippen LogP contribution in [0.15, 0.2) is 36.4 Å². The minimum absolute atomic E-state index is 0.00131. The fourth-order valence-corrected chi connectivity index (χ4v) is 2.09. The molecule has 3 nitrogen and oxygen atoms in total. The Morgan fingerprint density at radius 1 is 1.05 bits per heavy atom. The zero-order chi connectivity index (χ0) is 14.9. The minimum atomic E-state index is -0.794. The molecule has 0 atom stereocenters. The third-order valence-corrected chi connectivity index (χ3v) is 3.66. The Balaban J connectivity index is 2.45. The highest BCUT2D eigenvalue weighted by molar-refractivity contribution is 6.04. The highest BCUT2D eigenvalue weighted by atomic mass is 16.5. The number of Topliss-reactive ketones (excluding diaryl/α,β-unsaturated/α-hetero) is 1. The van der Waals surface area contributed by atoms with Crippen molar-refractivity contribution in [2.75, 3.05) is 26.1 Å². The van der Waals surface area contributed by atoms with E-state index < -0.39 is 5.60 Å². The fourth-order valence-electron chi connectivity index (χ4n) is 2.09. The van der Waals surface area contributed by atoms with Crippen molar-refractivity contribution in [2.24, 2.45) is 0 Å². The Morgan fingerprint density at radius 3 is 2.25 bits per heavy atom. The molecule has 0 heterocycles. The summed E-state index contributed by atoms with van der Waals surface area (Å²) < 4.78 is 5.26. The number of anilines is 1. The van der Waals surface area contributed by atoms with Crippen molar-refractivity contribution < 1.29 is 9.53 Å². The van der Waals surface area contributed by atoms with Gasteiger partial charge >= 0.3 is 0 Å². The van der Waals surface area contributed by atoms with Crippen molar-refractivity contribution in [3.63, 3.8) is 0 Å². The van der Waals surface area contributed by atoms with Gasteiger partial charge in [0.1, 0.15) is 5.60 Å². The lowest BCUT2D eigenvalue weighted by Crippen LogP contribution is -2.33. The molecule has 0 spiro atoms. The summed E-state index contributed by atoms with van der Waals surface area (Å²) in [6, 6.07) is 12.0. The number of hydrogen-bond acceptors (Lipinski definition) is 3. The van der Waals surface area contributed by atoms with Gasteiger partial charge in [0.15, 0.2) is 5.78 Å². The zero-order valence-corrected chi connectivity index (χ0v) is 12.7. The Hall–Kier alpha value is -1.87. The van der Waals surface area contributed by atoms with E-state index in [1.54, 1.807) is 21.0 Å². The van der Waals surface area contributed by atoms with E-state index in [4.69, 9.17) is 4.74 Å². The molecule has 2 aromatic carbocycles. The molecule has 0 fully saturated rings. The molecule has 2 rings (SSSR count). The molecule has 0 aromatic heterocycles. The van der Waals surface area contributed by atoms with E-state index >= 15 is 0 Å². The van der Waals surface area contributed by atoms with Crippen molar-refractivity contribution in [2.45, 2.75) is 19.4 Å². The van der Waals surface area contributed by atoms with E-state index in [0.717, 1.165) is 16.5 Å². The Kier molecular flexibility index (Phi) is 3.82. The molecular formula is C17H21NO2. The molecule has 0 aliphatic rings. The van der Waals surface area contributed by atoms with Crippen LogP contribution in [0.3, 0.4) is 0 Å². The number of hydrogen-bond donors (Lipinski definition) is 0. The predicted octanol–water partition coefficient (Wildman–Crippen LogP) is 3.51. The van der Waals surface area contributed by atoms with Crippen LogP contribution < -0.4 is 4.90 Å². The zero-order valence-electron chi connectivity index (χ0n) is 12.7. The van der Waals surface area contributed by atoms with Gasteiger partial charge in [-0.1, -0.05) is 18.2 Å². The van der Waals surface area contributed by atoms with Gasteiger partial charge < -0.3 is 9.64 Å². The summed E-state index contributed by atoms with van der Waals surface area (Å²) >= 11 is 0. The largest absolute Gasteiger partial charge is 0.378 e. The molecule has 0 saturated heterocycles. The Bertz CT molecular complexity index is 644. The molecule has 0 radical (unpaired) electrons. The van der Waals surface area contributed by atoms with Crippen LogP contribution in [-0.4, -0.2) is 32.6 Å². The number of benzene rings is 2. The number of methoxy groups -OCH3 is 1. The number of nitrogens with zero attached hydrogens (tertiary/aromatic N) is 1. The second-order valence-electron chi connectivity index (χ2n) is 5.68. The summed E-state index contributed by atoms with van der Waals surface area (Å²) in [4.78, 5) is 14.4. The number of carbonyl (C=O) groups excluding carboxylic acids is 1. The first kappa shape index (κ1) is 14.5. The first-order valence-corrected chi connectivity index (χ1v) is 6.66. The summed E-state index contributed by atoms with van der Waals surface area (Å²) in [5.74, 6) is -0.00131. The van der Waals surface area contributed by atoms with E-state index in [9.17, 15) is 4.79 Å². The second kappa shape index (κ2) is 5.25. The summed E-state index contributed by atoms with van der Waals surface area (Å²) in [6.45, 7) is 3.57. The molecule has 0 aliphatic heterocycles. The first-order chi connectivity index (χ1) is 9.35. The van der Waals surface area contributed by atoms with Gasteiger partial charge in [-0.25, -0.2) is 0 Å². The quantitative estimate of drug-likeness (QED) is 0.797. The van der Waals surface area contributed by atoms with Gasteiger partial charge in [-0.15, -0.1) is 0 Å². The van der Waals surface area contributed by atoms with Gasteiger partial charge in [0.2, 0.25) is 0 Å². The second-order valence-corrected chi connectivity index (χ2v) is 5.68. The average molecular weight is 271 g/mol. The van der Waals surface area contributed by atoms with Crippen LogP contribution in [0.4, 0.5) is 5.69 Å². The molecule has 106 valence electrons. The predicted molar refractivity (Wildman–Crippen MR) is 83.7 cm³/mol. The van der Waals surface area contributed by atoms with Crippen LogP contribution in [0.2, 0.25) is 0 Å². The van der Waals surface area contributed by atoms with E-state index in [-0.39, 0.29) is 5.78 Å². The summed E-state index contributed by atoms with van der Waals surface area (Å²) in [5, 5.41) is 2.19. The smallest absolute Gasteiger partial charge is 0.194 e. The summed E-state index contributed by atoms with van der Waals surface area (Å²) in [6.07, 6.45) is 0. The number of ketones is 1. The number of rotatable bonds is 4. The summed E-state index contributed by atoms with van der Waals surface area (Å²) in [5.41, 5.74) is 1.04. The Labute approximate surface area is 120 Å². The van der Waals surface area contributed by atoms with Gasteiger partial charge in [-0.2, -0.15) is 0 Å². The minimum Gasteiger partial charge on any atom is -0.378 e. The molecule has 3 heteroatoms. The molecule has 0 N–H and O–H groups in total. The maximum absolute atomic E-state index is 12.4. The maximum Gasteiger partial charge on any atom is 0.194 e. The van der Waals surface area contributed by atoms with Gasteiger partial charge in [0, 0.05) is 32.5 Å². The van der Waals surface area contributed by atoms with Crippen LogP contribution >= 0.6 is 0 Å². The standard InChI is InChI=1S/C17H21NO2/c1-17(2,20-5)16(19)14-7-6-13-11-15(18(3)4)9-8-12(13)10-14/h6-11H,1-5H3. The van der Waals surface area contributed by atoms with Gasteiger partial charge in [0.25, 0.3) is 0 Å². The molecule has 2 aromatic rings. The van der Waals surface area contributed by atoms with Crippen molar-refractivity contribution in [1.29, 1.82) is 0 Å². The summed E-state index contributed by atoms with van der Waals surface area (Å²) in [7, 11) is 5.59. The lowest BCUT2D eigenvalue weighted by atomic mass is 9.94. The normalized spacial score (nSPS) is 11.7. The fraction of sp³-hybridized carbons (Fsp3) is 0.353. The monoisotopic (exact) mass is 271 g/mol. The molecular weight excluding hydrogens is 250 g/mol. The highest BCUT2D eigenvalue weighted by Gasteiger charge is 2.28. The molecule has 0 unspecified atom stereocenters. The molecule has 20 heavy (non-hydrogen) atoms. The maximum atomic E-state index is 12.4. The molecule has 0 aliphatic carbocycles. The van der Waals surface area contributed by atoms with Crippen molar-refractivity contribution in [1.82, 2.24) is 0 Å².